The molecule has 13 N–H and O–H groups in total. The fraction of sp³-hybridized carbons (Fsp3) is 0.417. The second-order valence-electron chi connectivity index (χ2n) is 13.3. The van der Waals surface area contributed by atoms with Gasteiger partial charge in [0.15, 0.2) is 0 Å². The van der Waals surface area contributed by atoms with Crippen molar-refractivity contribution in [1.82, 2.24) is 26.6 Å². The Hall–Kier alpha value is -6.37. The zero-order chi connectivity index (χ0) is 41.4. The number of hydrogen-bond donors (Lipinski definition) is 10. The summed E-state index contributed by atoms with van der Waals surface area (Å²) in [4.78, 5) is 113. The molecule has 2 aromatic carbocycles. The van der Waals surface area contributed by atoms with E-state index in [9.17, 15) is 43.2 Å². The highest BCUT2D eigenvalue weighted by Crippen LogP contribution is 2.12. The van der Waals surface area contributed by atoms with E-state index in [0.717, 1.165) is 0 Å². The third kappa shape index (κ3) is 14.9. The van der Waals surface area contributed by atoms with Gasteiger partial charge in [0.25, 0.3) is 5.91 Å². The van der Waals surface area contributed by atoms with Crippen molar-refractivity contribution in [2.24, 2.45) is 29.0 Å². The van der Waals surface area contributed by atoms with Crippen LogP contribution in [0.25, 0.3) is 0 Å². The van der Waals surface area contributed by atoms with E-state index in [1.807, 2.05) is 0 Å². The molecule has 0 unspecified atom stereocenters. The summed E-state index contributed by atoms with van der Waals surface area (Å²) in [6.07, 6.45) is -0.453. The largest absolute Gasteiger partial charge is 0.370 e. The van der Waals surface area contributed by atoms with E-state index in [0.29, 0.717) is 11.4 Å². The molecule has 0 aliphatic carbocycles. The van der Waals surface area contributed by atoms with Crippen LogP contribution in [0.1, 0.15) is 68.2 Å². The molecule has 19 heteroatoms. The molecule has 298 valence electrons. The topological polar surface area (TPSA) is 316 Å². The van der Waals surface area contributed by atoms with E-state index >= 15 is 0 Å². The summed E-state index contributed by atoms with van der Waals surface area (Å²) in [5, 5.41) is 17.8. The molecular formula is C36H50N10O9. The number of nitrogens with one attached hydrogen (secondary N) is 7. The van der Waals surface area contributed by atoms with Gasteiger partial charge in [0.2, 0.25) is 47.3 Å². The molecule has 0 aliphatic heterocycles. The molecule has 0 bridgehead atoms. The predicted molar refractivity (Wildman–Crippen MR) is 202 cm³/mol. The number of anilines is 2. The highest BCUT2D eigenvalue weighted by atomic mass is 16.2. The van der Waals surface area contributed by atoms with Gasteiger partial charge in [0.1, 0.15) is 24.2 Å². The minimum atomic E-state index is -1.29. The SMILES string of the molecule is CC(C)[C@H](NC(=O)[C@H](CCC(N)=O)NC(=O)c1ccc(NC(=O)CN)cc1)C(=O)N[C@H](C(=O)N[C@@H](C)C(=O)NCC(=O)Nc1ccc(C(N)=O)cc1)C(C)C. The zero-order valence-corrected chi connectivity index (χ0v) is 31.3. The molecule has 9 amide bonds. The Morgan fingerprint density at radius 3 is 1.53 bits per heavy atom. The van der Waals surface area contributed by atoms with Crippen molar-refractivity contribution in [3.8, 4) is 0 Å². The number of rotatable bonds is 20. The average Bonchev–Trinajstić information content (AvgIpc) is 3.13. The van der Waals surface area contributed by atoms with Crippen LogP contribution in [0.2, 0.25) is 0 Å². The normalized spacial score (nSPS) is 12.9. The lowest BCUT2D eigenvalue weighted by molar-refractivity contribution is -0.135. The van der Waals surface area contributed by atoms with E-state index in [2.05, 4.69) is 37.2 Å². The minimum Gasteiger partial charge on any atom is -0.370 e. The zero-order valence-electron chi connectivity index (χ0n) is 31.3. The van der Waals surface area contributed by atoms with Crippen LogP contribution in [0, 0.1) is 11.8 Å². The summed E-state index contributed by atoms with van der Waals surface area (Å²) in [6.45, 7) is 7.34. The maximum atomic E-state index is 13.5. The number of primary amides is 2. The maximum absolute atomic E-state index is 13.5. The van der Waals surface area contributed by atoms with Crippen LogP contribution in [0.5, 0.6) is 0 Å². The Balaban J connectivity index is 2.05. The lowest BCUT2D eigenvalue weighted by Gasteiger charge is -2.29. The summed E-state index contributed by atoms with van der Waals surface area (Å²) in [6, 6.07) is 6.75. The van der Waals surface area contributed by atoms with Gasteiger partial charge >= 0.3 is 0 Å². The van der Waals surface area contributed by atoms with Crippen molar-refractivity contribution in [2.45, 2.75) is 71.6 Å². The average molecular weight is 767 g/mol. The molecule has 0 fully saturated rings. The maximum Gasteiger partial charge on any atom is 0.251 e. The van der Waals surface area contributed by atoms with E-state index in [1.54, 1.807) is 27.7 Å². The van der Waals surface area contributed by atoms with Gasteiger partial charge < -0.3 is 54.4 Å². The van der Waals surface area contributed by atoms with Crippen LogP contribution in [0.4, 0.5) is 11.4 Å². The number of amides is 9. The van der Waals surface area contributed by atoms with Crippen LogP contribution in [-0.2, 0) is 33.6 Å². The van der Waals surface area contributed by atoms with Crippen molar-refractivity contribution in [3.63, 3.8) is 0 Å². The minimum absolute atomic E-state index is 0.131. The quantitative estimate of drug-likeness (QED) is 0.0751. The van der Waals surface area contributed by atoms with E-state index in [4.69, 9.17) is 17.2 Å². The number of carbonyl (C=O) groups excluding carboxylic acids is 9. The van der Waals surface area contributed by atoms with Gasteiger partial charge in [0.05, 0.1) is 13.1 Å². The van der Waals surface area contributed by atoms with Gasteiger partial charge in [-0.2, -0.15) is 0 Å². The molecule has 19 nitrogen and oxygen atoms in total. The summed E-state index contributed by atoms with van der Waals surface area (Å²) in [5.74, 6) is -6.96. The standard InChI is InChI=1S/C36H50N10O9/c1-18(2)29(35(54)41-20(5)32(51)40-17-28(49)43-24-10-6-21(7-11-24)31(39)50)46-36(55)30(19(3)4)45-34(53)25(14-15-26(38)47)44-33(52)22-8-12-23(13-9-22)42-27(48)16-37/h6-13,18-20,25,29-30H,14-17,37H2,1-5H3,(H2,38,47)(H2,39,50)(H,40,51)(H,41,54)(H,42,48)(H,43,49)(H,44,52)(H,45,53)(H,46,55)/t20-,25-,29-,30-/m0/s1. The molecule has 0 aliphatic rings. The van der Waals surface area contributed by atoms with Gasteiger partial charge in [-0.15, -0.1) is 0 Å². The highest BCUT2D eigenvalue weighted by molar-refractivity contribution is 6.00. The first-order valence-corrected chi connectivity index (χ1v) is 17.4. The molecule has 0 radical (unpaired) electrons. The van der Waals surface area contributed by atoms with Crippen LogP contribution in [0.15, 0.2) is 48.5 Å². The summed E-state index contributed by atoms with van der Waals surface area (Å²) in [5.41, 5.74) is 16.9. The van der Waals surface area contributed by atoms with Gasteiger partial charge in [0, 0.05) is 28.9 Å². The smallest absolute Gasteiger partial charge is 0.251 e. The van der Waals surface area contributed by atoms with Gasteiger partial charge in [-0.1, -0.05) is 27.7 Å². The van der Waals surface area contributed by atoms with Crippen LogP contribution >= 0.6 is 0 Å². The predicted octanol–water partition coefficient (Wildman–Crippen LogP) is -1.41. The lowest BCUT2D eigenvalue weighted by atomic mass is 9.98. The first-order chi connectivity index (χ1) is 25.8. The Morgan fingerprint density at radius 2 is 1.05 bits per heavy atom. The lowest BCUT2D eigenvalue weighted by Crippen LogP contribution is -2.60. The second-order valence-corrected chi connectivity index (χ2v) is 13.3. The second kappa shape index (κ2) is 21.4. The van der Waals surface area contributed by atoms with Crippen LogP contribution < -0.4 is 54.4 Å². The molecule has 2 aromatic rings. The van der Waals surface area contributed by atoms with Gasteiger partial charge in [-0.05, 0) is 73.7 Å². The first kappa shape index (κ1) is 44.8. The summed E-state index contributed by atoms with van der Waals surface area (Å²) >= 11 is 0. The third-order valence-corrected chi connectivity index (χ3v) is 8.04. The third-order valence-electron chi connectivity index (χ3n) is 8.04. The Morgan fingerprint density at radius 1 is 0.582 bits per heavy atom. The fourth-order valence-electron chi connectivity index (χ4n) is 4.89. The highest BCUT2D eigenvalue weighted by Gasteiger charge is 2.33. The van der Waals surface area contributed by atoms with Crippen molar-refractivity contribution in [1.29, 1.82) is 0 Å². The molecule has 0 saturated heterocycles. The van der Waals surface area contributed by atoms with Crippen molar-refractivity contribution < 1.29 is 43.2 Å². The summed E-state index contributed by atoms with van der Waals surface area (Å²) in [7, 11) is 0. The van der Waals surface area contributed by atoms with Gasteiger partial charge in [-0.25, -0.2) is 0 Å². The van der Waals surface area contributed by atoms with Crippen molar-refractivity contribution in [3.05, 3.63) is 59.7 Å². The van der Waals surface area contributed by atoms with E-state index in [1.165, 1.54) is 55.5 Å². The number of hydrogen-bond acceptors (Lipinski definition) is 10. The fourth-order valence-corrected chi connectivity index (χ4v) is 4.89. The molecule has 2 rings (SSSR count). The Kier molecular flexibility index (Phi) is 17.4. The Bertz CT molecular complexity index is 1730. The number of nitrogens with two attached hydrogens (primary N) is 3. The molecule has 0 spiro atoms. The summed E-state index contributed by atoms with van der Waals surface area (Å²) < 4.78 is 0. The van der Waals surface area contributed by atoms with Crippen molar-refractivity contribution >= 4 is 64.5 Å². The van der Waals surface area contributed by atoms with Crippen molar-refractivity contribution in [2.75, 3.05) is 23.7 Å². The molecule has 0 saturated carbocycles. The molecule has 55 heavy (non-hydrogen) atoms. The number of benzene rings is 2. The Labute approximate surface area is 318 Å². The van der Waals surface area contributed by atoms with Gasteiger partial charge in [-0.3, -0.25) is 43.2 Å². The monoisotopic (exact) mass is 766 g/mol. The molecule has 4 atom stereocenters. The number of carbonyl (C=O) groups is 9. The van der Waals surface area contributed by atoms with Crippen LogP contribution in [0.3, 0.4) is 0 Å². The molecular weight excluding hydrogens is 716 g/mol. The molecule has 0 heterocycles. The first-order valence-electron chi connectivity index (χ1n) is 17.4. The van der Waals surface area contributed by atoms with Crippen LogP contribution in [-0.4, -0.2) is 90.4 Å². The molecule has 0 aromatic heterocycles. The van der Waals surface area contributed by atoms with E-state index in [-0.39, 0.29) is 30.5 Å². The van der Waals surface area contributed by atoms with E-state index < -0.39 is 95.7 Å².